The maximum atomic E-state index is 14.3. The SMILES string of the molecule is CC#CC(=O)CCC(=O)N1CCN(Cc2cc3c(N4CCCCC4)nc(-c4cnc(NC(=O)NC)cc4C(F)(F)F)nn3c2)CC1.CC#CC(=O)NCC(=O)N1CCN(Cc2cc3c(N4CCCCC4)nc(-c4cnc(N)cc4C(F)(F)F)nn3c2)CC1.CC#CC(=O)NCC(=O)N1CCN(Cc2cc3c(N4CCCCC4)nc(-c4cnc(NC(=O)NC)cc4C(F)(F)F)nn3c2)CC1. The number of rotatable bonds is 21. The number of urea groups is 2. The topological polar surface area (TPSA) is 393 Å². The first-order chi connectivity index (χ1) is 64.2. The average Bonchev–Trinajstić information content (AvgIpc) is 1.54. The number of fused-ring (bicyclic) bond motifs is 3. The zero-order valence-electron chi connectivity index (χ0n) is 74.6. The number of hydrogen-bond acceptors (Lipinski definition) is 24. The molecule has 6 aliphatic rings. The molecular formula is C89H103F9N28O8. The van der Waals surface area contributed by atoms with Gasteiger partial charge in [0.25, 0.3) is 11.8 Å². The second-order valence-corrected chi connectivity index (χ2v) is 32.6. The molecule has 0 saturated carbocycles. The van der Waals surface area contributed by atoms with Gasteiger partial charge in [-0.15, -0.1) is 15.3 Å². The number of nitrogens with zero attached hydrogens (tertiary/aromatic N) is 21. The quantitative estimate of drug-likeness (QED) is 0.0203. The molecular weight excluding hydrogens is 1760 g/mol. The molecule has 6 fully saturated rings. The number of nitrogens with one attached hydrogen (secondary N) is 6. The number of amides is 9. The van der Waals surface area contributed by atoms with Crippen LogP contribution in [0.3, 0.4) is 0 Å². The Labute approximate surface area is 765 Å². The van der Waals surface area contributed by atoms with Gasteiger partial charge >= 0.3 is 30.6 Å². The zero-order chi connectivity index (χ0) is 95.5. The zero-order valence-corrected chi connectivity index (χ0v) is 74.6. The molecule has 0 aliphatic carbocycles. The van der Waals surface area contributed by atoms with Gasteiger partial charge in [-0.3, -0.25) is 54.1 Å². The van der Waals surface area contributed by atoms with Gasteiger partial charge in [-0.05, 0) is 149 Å². The summed E-state index contributed by atoms with van der Waals surface area (Å²) in [6, 6.07) is 6.86. The molecule has 8 N–H and O–H groups in total. The smallest absolute Gasteiger partial charge is 0.384 e. The summed E-state index contributed by atoms with van der Waals surface area (Å²) < 4.78 is 132. The fourth-order valence-electron chi connectivity index (χ4n) is 16.5. The minimum Gasteiger partial charge on any atom is -0.384 e. The number of hydrogen-bond donors (Lipinski definition) is 7. The van der Waals surface area contributed by atoms with Gasteiger partial charge in [0.15, 0.2) is 34.9 Å². The summed E-state index contributed by atoms with van der Waals surface area (Å²) in [5.74, 6) is 13.6. The molecule has 0 atom stereocenters. The lowest BCUT2D eigenvalue weighted by Crippen LogP contribution is -2.50. The van der Waals surface area contributed by atoms with Gasteiger partial charge in [-0.1, -0.05) is 17.8 Å². The van der Waals surface area contributed by atoms with Crippen molar-refractivity contribution in [2.75, 3.05) is 176 Å². The Morgan fingerprint density at radius 2 is 0.701 bits per heavy atom. The van der Waals surface area contributed by atoms with E-state index >= 15 is 0 Å². The third-order valence-corrected chi connectivity index (χ3v) is 23.3. The van der Waals surface area contributed by atoms with E-state index < -0.39 is 59.1 Å². The molecule has 6 saturated heterocycles. The van der Waals surface area contributed by atoms with E-state index in [1.807, 2.05) is 24.4 Å². The highest BCUT2D eigenvalue weighted by atomic mass is 19.4. The maximum Gasteiger partial charge on any atom is 0.417 e. The number of carbonyl (C=O) groups excluding carboxylic acids is 8. The van der Waals surface area contributed by atoms with Crippen LogP contribution in [0.1, 0.15) is 125 Å². The molecule has 45 heteroatoms. The molecule has 15 heterocycles. The number of carbonyl (C=O) groups is 8. The predicted molar refractivity (Wildman–Crippen MR) is 479 cm³/mol. The first-order valence-corrected chi connectivity index (χ1v) is 44.0. The summed E-state index contributed by atoms with van der Waals surface area (Å²) in [6.07, 6.45) is 3.52. The van der Waals surface area contributed by atoms with Crippen LogP contribution in [0.25, 0.3) is 50.7 Å². The Bertz CT molecular complexity index is 5760. The van der Waals surface area contributed by atoms with Gasteiger partial charge < -0.3 is 56.4 Å². The lowest BCUT2D eigenvalue weighted by atomic mass is 10.1. The largest absolute Gasteiger partial charge is 0.417 e. The molecule has 36 nitrogen and oxygen atoms in total. The summed E-state index contributed by atoms with van der Waals surface area (Å²) in [6.45, 7) is 17.3. The van der Waals surface area contributed by atoms with Gasteiger partial charge in [0.2, 0.25) is 23.5 Å². The third-order valence-electron chi connectivity index (χ3n) is 23.3. The molecule has 0 radical (unpaired) electrons. The molecule has 9 aromatic rings. The average molecular weight is 1860 g/mol. The van der Waals surface area contributed by atoms with Gasteiger partial charge in [0.1, 0.15) is 34.0 Å². The Morgan fingerprint density at radius 1 is 0.388 bits per heavy atom. The highest BCUT2D eigenvalue weighted by molar-refractivity contribution is 5.98. The minimum atomic E-state index is -4.76. The Kier molecular flexibility index (Phi) is 32.0. The van der Waals surface area contributed by atoms with E-state index in [0.717, 1.165) is 137 Å². The van der Waals surface area contributed by atoms with E-state index in [4.69, 9.17) is 5.73 Å². The highest BCUT2D eigenvalue weighted by Gasteiger charge is 2.40. The fourth-order valence-corrected chi connectivity index (χ4v) is 16.5. The molecule has 9 amide bonds. The molecule has 6 aliphatic heterocycles. The number of ketones is 1. The van der Waals surface area contributed by atoms with Gasteiger partial charge in [0, 0.05) is 202 Å². The van der Waals surface area contributed by atoms with Crippen molar-refractivity contribution in [1.82, 2.24) is 109 Å². The monoisotopic (exact) mass is 1860 g/mol. The highest BCUT2D eigenvalue weighted by Crippen LogP contribution is 2.42. The molecule has 9 aromatic heterocycles. The molecule has 15 rings (SSSR count). The molecule has 0 bridgehead atoms. The van der Waals surface area contributed by atoms with Crippen LogP contribution in [0.2, 0.25) is 0 Å². The van der Waals surface area contributed by atoms with Crippen LogP contribution in [0, 0.1) is 35.5 Å². The van der Waals surface area contributed by atoms with Crippen molar-refractivity contribution in [2.45, 2.75) is 130 Å². The number of piperazine rings is 3. The van der Waals surface area contributed by atoms with Gasteiger partial charge in [-0.2, -0.15) is 39.5 Å². The van der Waals surface area contributed by atoms with Gasteiger partial charge in [-0.25, -0.2) is 53.0 Å². The van der Waals surface area contributed by atoms with E-state index in [1.54, 1.807) is 61.4 Å². The van der Waals surface area contributed by atoms with Crippen molar-refractivity contribution in [1.29, 1.82) is 0 Å². The molecule has 710 valence electrons. The van der Waals surface area contributed by atoms with Crippen LogP contribution in [-0.2, 0) is 66.9 Å². The second kappa shape index (κ2) is 44.0. The van der Waals surface area contributed by atoms with Crippen LogP contribution >= 0.6 is 0 Å². The molecule has 0 aromatic carbocycles. The van der Waals surface area contributed by atoms with Crippen molar-refractivity contribution in [3.05, 3.63) is 107 Å². The van der Waals surface area contributed by atoms with Crippen LogP contribution in [0.15, 0.2) is 73.6 Å². The predicted octanol–water partition coefficient (Wildman–Crippen LogP) is 8.07. The number of aromatic nitrogens is 12. The number of nitrogen functional groups attached to an aromatic ring is 1. The lowest BCUT2D eigenvalue weighted by Gasteiger charge is -2.34. The summed E-state index contributed by atoms with van der Waals surface area (Å²) in [7, 11) is 2.70. The fraction of sp³-hybridized carbons (Fsp3) is 0.472. The van der Waals surface area contributed by atoms with E-state index in [2.05, 4.69) is 142 Å². The van der Waals surface area contributed by atoms with E-state index in [9.17, 15) is 77.9 Å². The van der Waals surface area contributed by atoms with Crippen molar-refractivity contribution >= 4 is 98.8 Å². The van der Waals surface area contributed by atoms with Crippen LogP contribution < -0.4 is 52.3 Å². The van der Waals surface area contributed by atoms with Crippen molar-refractivity contribution < 1.29 is 77.9 Å². The van der Waals surface area contributed by atoms with E-state index in [1.165, 1.54) is 14.1 Å². The Hall–Kier alpha value is -14.0. The number of Topliss-reactive ketones (excluding diaryl/α,β-unsaturated/α-hetero) is 1. The molecule has 0 spiro atoms. The van der Waals surface area contributed by atoms with Crippen LogP contribution in [-0.4, -0.2) is 281 Å². The number of alkyl halides is 9. The molecule has 0 unspecified atom stereocenters. The number of halogens is 9. The van der Waals surface area contributed by atoms with Crippen LogP contribution in [0.4, 0.5) is 84.0 Å². The van der Waals surface area contributed by atoms with Crippen molar-refractivity contribution in [3.63, 3.8) is 0 Å². The number of anilines is 6. The van der Waals surface area contributed by atoms with Crippen LogP contribution in [0.5, 0.6) is 0 Å². The van der Waals surface area contributed by atoms with E-state index in [-0.39, 0.29) is 101 Å². The normalized spacial score (nSPS) is 15.9. The van der Waals surface area contributed by atoms with E-state index in [0.29, 0.717) is 145 Å². The van der Waals surface area contributed by atoms with Crippen molar-refractivity contribution in [2.24, 2.45) is 0 Å². The second-order valence-electron chi connectivity index (χ2n) is 32.6. The minimum absolute atomic E-state index is 0.0698. The summed E-state index contributed by atoms with van der Waals surface area (Å²) in [5.41, 5.74) is 6.61. The summed E-state index contributed by atoms with van der Waals surface area (Å²) in [5, 5.41) is 27.6. The Morgan fingerprint density at radius 3 is 1.01 bits per heavy atom. The standard InChI is InChI=1S/C31H36F3N9O3.C30H35F3N10O3.C28H32F3N9O2/c1-3-7-22(44)8-9-27(45)41-14-12-40(13-15-41)19-21-16-25-29(42-10-5-4-6-11-42)38-28(39-43(25)20-21)23-18-36-26(37-30(46)35-2)17-24(23)31(32,33)34;1-3-7-25(44)36-17-26(45)41-12-10-40(11-13-41)18-20-14-23-28(42-8-5-4-6-9-42)38-27(39-43(23)19-20)21-16-35-24(37-29(46)34-2)15-22(21)30(31,32)33;1-2-6-24(41)34-16-25(42)38-11-9-37(10-12-38)17-19-13-22-27(39-7-4-3-5-8-39)35-26(36-40(22)18-19)20-15-33-23(32)14-21(20)28(29,30)31/h16-18,20H,4-6,8-15,19H2,1-2H3,(H2,35,36,37,46);14-16,19H,4-6,8-13,17-18H2,1-2H3,(H,36,44)(H2,34,35,37,46);13-15,18H,3-5,7-12,16-17H2,1H3,(H2,32,33)(H,34,41). The maximum absolute atomic E-state index is 14.3. The lowest BCUT2D eigenvalue weighted by molar-refractivity contribution is -0.137. The number of piperidine rings is 3. The number of nitrogens with two attached hydrogens (primary N) is 1. The molecule has 134 heavy (non-hydrogen) atoms. The van der Waals surface area contributed by atoms with Crippen molar-refractivity contribution in [3.8, 4) is 69.7 Å². The third kappa shape index (κ3) is 25.2. The first-order valence-electron chi connectivity index (χ1n) is 44.0. The summed E-state index contributed by atoms with van der Waals surface area (Å²) in [4.78, 5) is 140. The van der Waals surface area contributed by atoms with Gasteiger partial charge in [0.05, 0.1) is 46.5 Å². The number of pyridine rings is 3. The first kappa shape index (κ1) is 97.5. The summed E-state index contributed by atoms with van der Waals surface area (Å²) >= 11 is 0. The Balaban J connectivity index is 0.000000171.